The molecule has 0 unspecified atom stereocenters. The maximum absolute atomic E-state index is 13.3. The number of hydrogen-bond donors (Lipinski definition) is 8. The summed E-state index contributed by atoms with van der Waals surface area (Å²) in [6.07, 6.45) is 0.825. The van der Waals surface area contributed by atoms with Crippen LogP contribution in [-0.2, 0) is 55.6 Å². The highest BCUT2D eigenvalue weighted by Crippen LogP contribution is 2.43. The monoisotopic (exact) mass is 1620 g/mol. The number of carbonyl (C=O) groups excluding carboxylic acids is 2. The van der Waals surface area contributed by atoms with E-state index in [-0.39, 0.29) is 65.3 Å². The Labute approximate surface area is 645 Å². The minimum absolute atomic E-state index is 0.0236. The molecule has 4 aliphatic carbocycles. The van der Waals surface area contributed by atoms with Crippen LogP contribution in [-0.4, -0.2) is 125 Å². The number of Topliss-reactive ketones (excluding diaryl/α,β-unsaturated/α-hetero) is 1. The van der Waals surface area contributed by atoms with Crippen LogP contribution in [0.4, 0.5) is 108 Å². The molecule has 7 heterocycles. The number of alkyl halides is 9. The number of nitrogens with zero attached hydrogens (tertiary/aromatic N) is 11. The van der Waals surface area contributed by atoms with Crippen molar-refractivity contribution in [2.24, 2.45) is 0 Å². The molecule has 10 aromatic rings. The molecule has 112 heavy (non-hydrogen) atoms. The van der Waals surface area contributed by atoms with Crippen molar-refractivity contribution in [1.82, 2.24) is 59.9 Å². The molecule has 3 saturated carbocycles. The number of hydrogen-bond acceptors (Lipinski definition) is 23. The third kappa shape index (κ3) is 20.2. The van der Waals surface area contributed by atoms with E-state index < -0.39 is 40.8 Å². The van der Waals surface area contributed by atoms with Gasteiger partial charge in [-0.05, 0) is 184 Å². The Hall–Kier alpha value is -11.4. The summed E-state index contributed by atoms with van der Waals surface area (Å²) >= 11 is 3.50. The Balaban J connectivity index is 0.000000131. The normalized spacial score (nSPS) is 15.2. The van der Waals surface area contributed by atoms with Gasteiger partial charge in [0, 0.05) is 115 Å². The smallest absolute Gasteiger partial charge is 0.421 e. The summed E-state index contributed by atoms with van der Waals surface area (Å²) < 4.78 is 143. The number of nitrogens with one attached hydrogen (secondary N) is 8. The number of rotatable bonds is 18. The number of para-hydroxylation sites is 1. The number of methoxy groups -OCH3 is 3. The maximum atomic E-state index is 13.3. The van der Waals surface area contributed by atoms with Crippen molar-refractivity contribution in [3.05, 3.63) is 177 Å². The first-order valence-corrected chi connectivity index (χ1v) is 36.8. The van der Waals surface area contributed by atoms with Crippen molar-refractivity contribution in [3.8, 4) is 23.2 Å². The van der Waals surface area contributed by atoms with Crippen molar-refractivity contribution in [2.75, 3.05) is 71.6 Å². The minimum atomic E-state index is -4.53. The van der Waals surface area contributed by atoms with Crippen molar-refractivity contribution in [1.29, 1.82) is 0 Å². The number of ether oxygens (including phenoxy) is 4. The van der Waals surface area contributed by atoms with Crippen molar-refractivity contribution < 1.29 is 68.1 Å². The Morgan fingerprint density at radius 1 is 0.527 bits per heavy atom. The number of aromatic nitrogens is 10. The molecule has 588 valence electrons. The second kappa shape index (κ2) is 33.3. The third-order valence-electron chi connectivity index (χ3n) is 18.3. The average Bonchev–Trinajstić information content (AvgIpc) is 1.65. The van der Waals surface area contributed by atoms with Crippen LogP contribution in [0.3, 0.4) is 0 Å². The molecule has 0 atom stereocenters. The number of aryl methyl sites for hydroxylation is 1. The molecule has 0 bridgehead atoms. The second-order valence-electron chi connectivity index (χ2n) is 28.2. The van der Waals surface area contributed by atoms with E-state index in [2.05, 4.69) is 103 Å². The number of ketones is 1. The third-order valence-corrected chi connectivity index (χ3v) is 18.9. The lowest BCUT2D eigenvalue weighted by Crippen LogP contribution is -2.39. The molecule has 35 heteroatoms. The molecule has 1 amide bonds. The topological polar surface area (TPSA) is 291 Å². The molecule has 0 radical (unpaired) electrons. The summed E-state index contributed by atoms with van der Waals surface area (Å²) in [4.78, 5) is 58.6. The van der Waals surface area contributed by atoms with Gasteiger partial charge in [-0.15, -0.1) is 0 Å². The van der Waals surface area contributed by atoms with E-state index in [0.717, 1.165) is 128 Å². The lowest BCUT2D eigenvalue weighted by atomic mass is 9.90. The van der Waals surface area contributed by atoms with Crippen LogP contribution in [0.2, 0.25) is 0 Å². The number of benzene rings is 5. The standard InChI is InChI=1S/C22H26F3N5O2.C20H18BrN5O3.C18H17F3N4O.C17H18F3N5/c1-21(2,3)32-20(31)30-9-8-13-10-16(5-4-14(13)12-30)28-19-26-11-17(22(23,24)25)18(29-19)27-15-6-7-15;1-27-16-8-13(9-17(28-2)18(16)29-3)24-19-14(21)11-22-20(25-19)26-15-7-5-4-6-12(15)10-23-26;19-18(20,21)14-9-22-17(25-16(14)23-11-4-5-11)24-12-6-7-13-10(8-12)2-1-3-15(13)26;18-17(19,20)14-9-22-16(25-15(14)23-12-3-4-12)24-13-2-1-11-8-21-6-5-10(11)7-13/h4-5,10-11,15H,6-9,12H2,1-3H3,(H2,26,27,28,29);4-11H,1-3H3,(H,22,24,25);6-9,11H,1-5H2,(H2,22,23,24,25);1-2,7,9,12,21H,3-6,8H2,(H2,22,23,24,25). The number of carbonyl (C=O) groups is 2. The molecule has 6 aliphatic rings. The molecular formula is C77H79BrF9N19O6. The summed E-state index contributed by atoms with van der Waals surface area (Å²) in [5.74, 6) is 2.51. The second-order valence-corrected chi connectivity index (χ2v) is 29.1. The largest absolute Gasteiger partial charge is 0.493 e. The van der Waals surface area contributed by atoms with Gasteiger partial charge in [-0.3, -0.25) is 4.79 Å². The molecule has 25 nitrogen and oxygen atoms in total. The zero-order valence-corrected chi connectivity index (χ0v) is 63.1. The first-order valence-electron chi connectivity index (χ1n) is 36.1. The summed E-state index contributed by atoms with van der Waals surface area (Å²) in [6, 6.07) is 28.4. The predicted octanol–water partition coefficient (Wildman–Crippen LogP) is 17.2. The average molecular weight is 1620 g/mol. The van der Waals surface area contributed by atoms with Gasteiger partial charge < -0.3 is 66.4 Å². The molecule has 5 aromatic heterocycles. The molecular weight excluding hydrogens is 1540 g/mol. The van der Waals surface area contributed by atoms with Crippen LogP contribution in [0.25, 0.3) is 16.9 Å². The quantitative estimate of drug-likeness (QED) is 0.0370. The first-order chi connectivity index (χ1) is 53.5. The van der Waals surface area contributed by atoms with Crippen molar-refractivity contribution >= 4 is 103 Å². The van der Waals surface area contributed by atoms with Crippen LogP contribution in [0.5, 0.6) is 17.2 Å². The highest BCUT2D eigenvalue weighted by atomic mass is 79.9. The van der Waals surface area contributed by atoms with Crippen LogP contribution >= 0.6 is 15.9 Å². The van der Waals surface area contributed by atoms with E-state index in [0.29, 0.717) is 76.4 Å². The van der Waals surface area contributed by atoms with E-state index >= 15 is 0 Å². The van der Waals surface area contributed by atoms with E-state index in [4.69, 9.17) is 18.9 Å². The SMILES string of the molecule is CC(C)(C)OC(=O)N1CCc2cc(Nc3ncc(C(F)(F)F)c(NC4CC4)n3)ccc2C1.COc1cc(Nc2nc(-n3ncc4ccccc43)ncc2Br)cc(OC)c1OC.FC(F)(F)c1cnc(Nc2ccc3c(c2)CCNC3)nc1NC1CC1.O=C1CCCc2cc(Nc3ncc(C(F)(F)F)c(NC4CC4)n3)ccc21. The van der Waals surface area contributed by atoms with Crippen molar-refractivity contribution in [3.63, 3.8) is 0 Å². The van der Waals surface area contributed by atoms with Crippen LogP contribution in [0.15, 0.2) is 126 Å². The lowest BCUT2D eigenvalue weighted by molar-refractivity contribution is -0.138. The molecule has 2 aliphatic heterocycles. The van der Waals surface area contributed by atoms with E-state index in [9.17, 15) is 49.1 Å². The van der Waals surface area contributed by atoms with Gasteiger partial charge in [0.05, 0.1) is 37.5 Å². The zero-order valence-electron chi connectivity index (χ0n) is 61.5. The highest BCUT2D eigenvalue weighted by molar-refractivity contribution is 9.10. The predicted molar refractivity (Wildman–Crippen MR) is 407 cm³/mol. The molecule has 0 spiro atoms. The molecule has 8 N–H and O–H groups in total. The van der Waals surface area contributed by atoms with Crippen molar-refractivity contribution in [2.45, 2.75) is 147 Å². The Morgan fingerprint density at radius 3 is 1.54 bits per heavy atom. The van der Waals surface area contributed by atoms with Gasteiger partial charge in [0.15, 0.2) is 17.3 Å². The number of amides is 1. The molecule has 3 fully saturated rings. The molecule has 16 rings (SSSR count). The first kappa shape index (κ1) is 78.8. The van der Waals surface area contributed by atoms with Gasteiger partial charge in [-0.25, -0.2) is 24.7 Å². The summed E-state index contributed by atoms with van der Waals surface area (Å²) in [6.45, 7) is 8.21. The Bertz CT molecular complexity index is 5070. The maximum Gasteiger partial charge on any atom is 0.421 e. The number of halogens is 10. The van der Waals surface area contributed by atoms with E-state index in [1.807, 2.05) is 81.4 Å². The van der Waals surface area contributed by atoms with Crippen LogP contribution in [0, 0.1) is 0 Å². The van der Waals surface area contributed by atoms with Gasteiger partial charge in [-0.1, -0.05) is 30.3 Å². The molecule has 5 aromatic carbocycles. The van der Waals surface area contributed by atoms with Crippen LogP contribution in [0.1, 0.15) is 127 Å². The van der Waals surface area contributed by atoms with E-state index in [1.54, 1.807) is 73.6 Å². The Morgan fingerprint density at radius 2 is 1.04 bits per heavy atom. The van der Waals surface area contributed by atoms with E-state index in [1.165, 1.54) is 11.1 Å². The molecule has 0 saturated heterocycles. The lowest BCUT2D eigenvalue weighted by Gasteiger charge is -2.31. The zero-order chi connectivity index (χ0) is 79.2. The highest BCUT2D eigenvalue weighted by Gasteiger charge is 2.40. The van der Waals surface area contributed by atoms with Gasteiger partial charge in [0.25, 0.3) is 5.95 Å². The van der Waals surface area contributed by atoms with Gasteiger partial charge >= 0.3 is 24.6 Å². The fourth-order valence-electron chi connectivity index (χ4n) is 12.3. The van der Waals surface area contributed by atoms with Gasteiger partial charge in [-0.2, -0.15) is 69.2 Å². The minimum Gasteiger partial charge on any atom is -0.493 e. The summed E-state index contributed by atoms with van der Waals surface area (Å²) in [7, 11) is 4.71. The fraction of sp³-hybridized carbons (Fsp3) is 0.364. The number of anilines is 11. The number of fused-ring (bicyclic) bond motifs is 4. The summed E-state index contributed by atoms with van der Waals surface area (Å²) in [5.41, 5.74) is 6.78. The summed E-state index contributed by atoms with van der Waals surface area (Å²) in [5, 5.41) is 29.5. The van der Waals surface area contributed by atoms with Crippen LogP contribution < -0.4 is 56.7 Å². The van der Waals surface area contributed by atoms with Gasteiger partial charge in [0.2, 0.25) is 23.6 Å². The van der Waals surface area contributed by atoms with Gasteiger partial charge in [0.1, 0.15) is 45.6 Å². The fourth-order valence-corrected chi connectivity index (χ4v) is 12.6. The Kier molecular flexibility index (Phi) is 23.4.